The van der Waals surface area contributed by atoms with Crippen molar-refractivity contribution < 1.29 is 14.7 Å². The molecule has 1 fully saturated rings. The highest BCUT2D eigenvalue weighted by molar-refractivity contribution is 5.87. The maximum Gasteiger partial charge on any atom is 0.326 e. The van der Waals surface area contributed by atoms with E-state index in [0.29, 0.717) is 13.0 Å². The van der Waals surface area contributed by atoms with Gasteiger partial charge in [0.1, 0.15) is 6.04 Å². The molecular weight excluding hydrogens is 220 g/mol. The van der Waals surface area contributed by atoms with Crippen molar-refractivity contribution in [1.82, 2.24) is 5.32 Å². The van der Waals surface area contributed by atoms with Gasteiger partial charge in [-0.15, -0.1) is 0 Å². The van der Waals surface area contributed by atoms with E-state index < -0.39 is 17.4 Å². The number of carboxylic acids is 1. The number of carboxylic acid groups (broad SMARTS) is 1. The van der Waals surface area contributed by atoms with Gasteiger partial charge in [-0.1, -0.05) is 26.2 Å². The van der Waals surface area contributed by atoms with Gasteiger partial charge in [-0.25, -0.2) is 4.79 Å². The molecule has 0 radical (unpaired) electrons. The van der Waals surface area contributed by atoms with Gasteiger partial charge in [0.15, 0.2) is 0 Å². The number of nitrogens with two attached hydrogens (primary N) is 1. The van der Waals surface area contributed by atoms with Gasteiger partial charge in [-0.05, 0) is 19.3 Å². The Hall–Kier alpha value is -1.10. The van der Waals surface area contributed by atoms with Crippen LogP contribution in [-0.4, -0.2) is 29.6 Å². The first-order valence-corrected chi connectivity index (χ1v) is 6.29. The summed E-state index contributed by atoms with van der Waals surface area (Å²) in [6.45, 7) is 2.20. The maximum atomic E-state index is 12.1. The largest absolute Gasteiger partial charge is 0.480 e. The van der Waals surface area contributed by atoms with Crippen molar-refractivity contribution in [2.45, 2.75) is 51.5 Å². The van der Waals surface area contributed by atoms with Gasteiger partial charge in [-0.2, -0.15) is 0 Å². The molecule has 98 valence electrons. The van der Waals surface area contributed by atoms with E-state index in [2.05, 4.69) is 5.32 Å². The number of carbonyl (C=O) groups excluding carboxylic acids is 1. The Labute approximate surface area is 102 Å². The third-order valence-corrected chi connectivity index (χ3v) is 3.61. The van der Waals surface area contributed by atoms with Gasteiger partial charge in [0.25, 0.3) is 0 Å². The molecule has 0 aromatic carbocycles. The molecule has 0 aliphatic heterocycles. The van der Waals surface area contributed by atoms with Crippen LogP contribution in [0.3, 0.4) is 0 Å². The van der Waals surface area contributed by atoms with Crippen molar-refractivity contribution in [3.63, 3.8) is 0 Å². The van der Waals surface area contributed by atoms with Crippen molar-refractivity contribution in [1.29, 1.82) is 0 Å². The van der Waals surface area contributed by atoms with Crippen LogP contribution >= 0.6 is 0 Å². The first kappa shape index (κ1) is 14.0. The summed E-state index contributed by atoms with van der Waals surface area (Å²) in [5.41, 5.74) is 5.16. The molecule has 1 atom stereocenters. The van der Waals surface area contributed by atoms with Crippen molar-refractivity contribution >= 4 is 11.9 Å². The summed E-state index contributed by atoms with van der Waals surface area (Å²) in [5, 5.41) is 11.6. The lowest BCUT2D eigenvalue weighted by Crippen LogP contribution is -2.50. The van der Waals surface area contributed by atoms with Crippen LogP contribution < -0.4 is 11.1 Å². The maximum absolute atomic E-state index is 12.1. The number of nitrogens with one attached hydrogen (secondary N) is 1. The molecule has 0 spiro atoms. The first-order chi connectivity index (χ1) is 8.05. The molecule has 1 aliphatic carbocycles. The number of rotatable bonds is 6. The Morgan fingerprint density at radius 1 is 1.41 bits per heavy atom. The zero-order valence-electron chi connectivity index (χ0n) is 10.4. The van der Waals surface area contributed by atoms with Crippen molar-refractivity contribution in [2.24, 2.45) is 11.1 Å². The van der Waals surface area contributed by atoms with Gasteiger partial charge in [0.05, 0.1) is 5.41 Å². The van der Waals surface area contributed by atoms with Crippen molar-refractivity contribution in [2.75, 3.05) is 6.54 Å². The minimum Gasteiger partial charge on any atom is -0.480 e. The Morgan fingerprint density at radius 3 is 2.41 bits per heavy atom. The zero-order chi connectivity index (χ0) is 12.9. The fourth-order valence-corrected chi connectivity index (χ4v) is 2.43. The van der Waals surface area contributed by atoms with E-state index in [1.807, 2.05) is 6.92 Å². The molecule has 17 heavy (non-hydrogen) atoms. The van der Waals surface area contributed by atoms with E-state index in [0.717, 1.165) is 32.1 Å². The summed E-state index contributed by atoms with van der Waals surface area (Å²) >= 11 is 0. The average molecular weight is 242 g/mol. The van der Waals surface area contributed by atoms with Crippen LogP contribution in [0.1, 0.15) is 45.4 Å². The molecule has 1 unspecified atom stereocenters. The van der Waals surface area contributed by atoms with Gasteiger partial charge in [-0.3, -0.25) is 4.79 Å². The topological polar surface area (TPSA) is 92.4 Å². The highest BCUT2D eigenvalue weighted by atomic mass is 16.4. The van der Waals surface area contributed by atoms with Crippen LogP contribution in [-0.2, 0) is 9.59 Å². The van der Waals surface area contributed by atoms with Gasteiger partial charge in [0, 0.05) is 6.54 Å². The van der Waals surface area contributed by atoms with Crippen molar-refractivity contribution in [3.8, 4) is 0 Å². The van der Waals surface area contributed by atoms with E-state index in [9.17, 15) is 9.59 Å². The normalized spacial score (nSPS) is 19.9. The van der Waals surface area contributed by atoms with Crippen LogP contribution in [0.2, 0.25) is 0 Å². The molecule has 5 nitrogen and oxygen atoms in total. The van der Waals surface area contributed by atoms with Gasteiger partial charge >= 0.3 is 5.97 Å². The van der Waals surface area contributed by atoms with Crippen molar-refractivity contribution in [3.05, 3.63) is 0 Å². The quantitative estimate of drug-likeness (QED) is 0.644. The van der Waals surface area contributed by atoms with E-state index >= 15 is 0 Å². The predicted molar refractivity (Wildman–Crippen MR) is 64.4 cm³/mol. The fourth-order valence-electron chi connectivity index (χ4n) is 2.43. The molecule has 1 rings (SSSR count). The fraction of sp³-hybridized carbons (Fsp3) is 0.833. The number of aliphatic carboxylic acids is 1. The molecule has 0 saturated heterocycles. The molecule has 0 aromatic heterocycles. The number of hydrogen-bond acceptors (Lipinski definition) is 3. The van der Waals surface area contributed by atoms with E-state index in [4.69, 9.17) is 10.8 Å². The third kappa shape index (κ3) is 3.19. The minimum absolute atomic E-state index is 0.182. The molecule has 1 amide bonds. The van der Waals surface area contributed by atoms with Crippen LogP contribution in [0, 0.1) is 5.41 Å². The smallest absolute Gasteiger partial charge is 0.326 e. The Balaban J connectivity index is 2.65. The molecule has 0 heterocycles. The standard InChI is InChI=1S/C12H22N2O3/c1-2-5-9(10(15)16)14-11(17)12(8-13)6-3-4-7-12/h9H,2-8,13H2,1H3,(H,14,17)(H,15,16). The lowest BCUT2D eigenvalue weighted by molar-refractivity contribution is -0.144. The summed E-state index contributed by atoms with van der Waals surface area (Å²) in [7, 11) is 0. The summed E-state index contributed by atoms with van der Waals surface area (Å²) < 4.78 is 0. The second-order valence-electron chi connectivity index (χ2n) is 4.84. The van der Waals surface area contributed by atoms with Gasteiger partial charge in [0.2, 0.25) is 5.91 Å². The second-order valence-corrected chi connectivity index (χ2v) is 4.84. The Kier molecular flexibility index (Phi) is 4.93. The predicted octanol–water partition coefficient (Wildman–Crippen LogP) is 0.875. The summed E-state index contributed by atoms with van der Waals surface area (Å²) in [5.74, 6) is -1.15. The number of amides is 1. The molecule has 0 bridgehead atoms. The van der Waals surface area contributed by atoms with Crippen LogP contribution in [0.25, 0.3) is 0 Å². The molecule has 1 aliphatic rings. The summed E-state index contributed by atoms with van der Waals surface area (Å²) in [4.78, 5) is 23.1. The SMILES string of the molecule is CCCC(NC(=O)C1(CN)CCCC1)C(=O)O. The van der Waals surface area contributed by atoms with Crippen LogP contribution in [0.4, 0.5) is 0 Å². The average Bonchev–Trinajstić information content (AvgIpc) is 2.78. The Bertz CT molecular complexity index is 285. The molecule has 4 N–H and O–H groups in total. The molecule has 0 aromatic rings. The highest BCUT2D eigenvalue weighted by Gasteiger charge is 2.41. The molecular formula is C12H22N2O3. The monoisotopic (exact) mass is 242 g/mol. The number of carbonyl (C=O) groups is 2. The Morgan fingerprint density at radius 2 is 2.00 bits per heavy atom. The lowest BCUT2D eigenvalue weighted by atomic mass is 9.85. The second kappa shape index (κ2) is 6.00. The first-order valence-electron chi connectivity index (χ1n) is 6.29. The summed E-state index contributed by atoms with van der Waals surface area (Å²) in [6.07, 6.45) is 4.72. The van der Waals surface area contributed by atoms with E-state index in [1.165, 1.54) is 0 Å². The molecule has 5 heteroatoms. The molecule has 1 saturated carbocycles. The van der Waals surface area contributed by atoms with E-state index in [1.54, 1.807) is 0 Å². The highest BCUT2D eigenvalue weighted by Crippen LogP contribution is 2.37. The minimum atomic E-state index is -0.967. The van der Waals surface area contributed by atoms with E-state index in [-0.39, 0.29) is 5.91 Å². The van der Waals surface area contributed by atoms with Crippen LogP contribution in [0.5, 0.6) is 0 Å². The lowest BCUT2D eigenvalue weighted by Gasteiger charge is -2.27. The third-order valence-electron chi connectivity index (χ3n) is 3.61. The van der Waals surface area contributed by atoms with Gasteiger partial charge < -0.3 is 16.2 Å². The zero-order valence-corrected chi connectivity index (χ0v) is 10.4. The summed E-state index contributed by atoms with van der Waals surface area (Å²) in [6, 6.07) is -0.781. The van der Waals surface area contributed by atoms with Crippen LogP contribution in [0.15, 0.2) is 0 Å². The number of hydrogen-bond donors (Lipinski definition) is 3.